The van der Waals surface area contributed by atoms with Crippen LogP contribution in [-0.4, -0.2) is 39.2 Å². The highest BCUT2D eigenvalue weighted by Gasteiger charge is 2.22. The summed E-state index contributed by atoms with van der Waals surface area (Å²) in [6.07, 6.45) is 2.19. The molecule has 9 nitrogen and oxygen atoms in total. The number of hydrogen-bond donors (Lipinski definition) is 1. The molecule has 11 heteroatoms. The van der Waals surface area contributed by atoms with Crippen molar-refractivity contribution in [2.75, 3.05) is 13.2 Å². The van der Waals surface area contributed by atoms with Crippen LogP contribution in [0.25, 0.3) is 10.7 Å². The van der Waals surface area contributed by atoms with Gasteiger partial charge in [0.25, 0.3) is 0 Å². The Labute approximate surface area is 175 Å². The zero-order chi connectivity index (χ0) is 20.8. The first-order valence-electron chi connectivity index (χ1n) is 8.88. The minimum absolute atomic E-state index is 0.120. The number of hydrogen-bond acceptors (Lipinski definition) is 8. The summed E-state index contributed by atoms with van der Waals surface area (Å²) < 4.78 is 12.9. The van der Waals surface area contributed by atoms with E-state index in [2.05, 4.69) is 15.3 Å². The van der Waals surface area contributed by atoms with Crippen LogP contribution in [0.15, 0.2) is 34.7 Å². The Hall–Kier alpha value is -3.05. The Morgan fingerprint density at radius 3 is 2.90 bits per heavy atom. The van der Waals surface area contributed by atoms with Gasteiger partial charge < -0.3 is 9.47 Å². The molecule has 0 saturated carbocycles. The highest BCUT2D eigenvalue weighted by molar-refractivity contribution is 7.71. The quantitative estimate of drug-likeness (QED) is 0.228. The number of aromatic amines is 1. The Bertz CT molecular complexity index is 1070. The van der Waals surface area contributed by atoms with Crippen LogP contribution >= 0.6 is 23.6 Å². The summed E-state index contributed by atoms with van der Waals surface area (Å²) in [5, 5.41) is 24.8. The Balaban J connectivity index is 2.03. The van der Waals surface area contributed by atoms with E-state index in [0.717, 1.165) is 11.3 Å². The van der Waals surface area contributed by atoms with E-state index in [1.807, 2.05) is 24.4 Å². The minimum Gasteiger partial charge on any atom is -0.490 e. The van der Waals surface area contributed by atoms with E-state index >= 15 is 0 Å². The molecular weight excluding hydrogens is 414 g/mol. The number of thiophene rings is 1. The predicted octanol–water partition coefficient (Wildman–Crippen LogP) is 4.65. The van der Waals surface area contributed by atoms with Gasteiger partial charge in [-0.1, -0.05) is 13.0 Å². The zero-order valence-electron chi connectivity index (χ0n) is 15.8. The smallest absolute Gasteiger partial charge is 0.315 e. The van der Waals surface area contributed by atoms with E-state index in [1.165, 1.54) is 28.3 Å². The lowest BCUT2D eigenvalue weighted by Crippen LogP contribution is -2.04. The van der Waals surface area contributed by atoms with Crippen molar-refractivity contribution in [1.29, 1.82) is 0 Å². The summed E-state index contributed by atoms with van der Waals surface area (Å²) in [5.74, 6) is 0.976. The lowest BCUT2D eigenvalue weighted by atomic mass is 10.2. The van der Waals surface area contributed by atoms with Crippen molar-refractivity contribution in [3.05, 3.63) is 50.1 Å². The molecule has 3 rings (SSSR count). The van der Waals surface area contributed by atoms with Crippen LogP contribution in [0.5, 0.6) is 11.5 Å². The predicted molar refractivity (Wildman–Crippen MR) is 114 cm³/mol. The summed E-state index contributed by atoms with van der Waals surface area (Å²) in [4.78, 5) is 12.0. The fourth-order valence-corrected chi connectivity index (χ4v) is 3.40. The van der Waals surface area contributed by atoms with Gasteiger partial charge in [0.05, 0.1) is 29.2 Å². The number of ether oxygens (including phenoxy) is 2. The Morgan fingerprint density at radius 1 is 1.41 bits per heavy atom. The van der Waals surface area contributed by atoms with E-state index in [9.17, 15) is 10.1 Å². The average molecular weight is 434 g/mol. The molecule has 1 aromatic carbocycles. The molecule has 1 N–H and O–H groups in total. The summed E-state index contributed by atoms with van der Waals surface area (Å²) in [5.41, 5.74) is 0.296. The van der Waals surface area contributed by atoms with Gasteiger partial charge in [0.2, 0.25) is 10.5 Å². The summed E-state index contributed by atoms with van der Waals surface area (Å²) >= 11 is 6.75. The minimum atomic E-state index is -0.495. The van der Waals surface area contributed by atoms with Crippen molar-refractivity contribution in [3.63, 3.8) is 0 Å². The van der Waals surface area contributed by atoms with Crippen LogP contribution in [0.2, 0.25) is 0 Å². The average Bonchev–Trinajstić information content (AvgIpc) is 3.35. The largest absolute Gasteiger partial charge is 0.490 e. The Morgan fingerprint density at radius 2 is 2.24 bits per heavy atom. The number of rotatable bonds is 9. The van der Waals surface area contributed by atoms with Gasteiger partial charge in [-0.3, -0.25) is 10.1 Å². The molecule has 0 aliphatic heterocycles. The molecule has 0 spiro atoms. The van der Waals surface area contributed by atoms with Gasteiger partial charge >= 0.3 is 5.69 Å². The zero-order valence-corrected chi connectivity index (χ0v) is 17.5. The normalized spacial score (nSPS) is 11.1. The topological polar surface area (TPSA) is 108 Å². The summed E-state index contributed by atoms with van der Waals surface area (Å²) in [6, 6.07) is 6.85. The van der Waals surface area contributed by atoms with Crippen LogP contribution in [0, 0.1) is 14.9 Å². The second kappa shape index (κ2) is 9.43. The number of nitro benzene ring substituents is 1. The molecule has 29 heavy (non-hydrogen) atoms. The van der Waals surface area contributed by atoms with E-state index in [0.29, 0.717) is 35.1 Å². The van der Waals surface area contributed by atoms with E-state index in [-0.39, 0.29) is 11.4 Å². The van der Waals surface area contributed by atoms with Crippen LogP contribution < -0.4 is 9.47 Å². The van der Waals surface area contributed by atoms with E-state index in [1.54, 1.807) is 13.0 Å². The maximum absolute atomic E-state index is 11.6. The first-order valence-corrected chi connectivity index (χ1v) is 10.2. The molecule has 0 unspecified atom stereocenters. The number of nitrogens with zero attached hydrogens (tertiary/aromatic N) is 4. The van der Waals surface area contributed by atoms with E-state index < -0.39 is 4.92 Å². The molecule has 0 saturated heterocycles. The lowest BCUT2D eigenvalue weighted by Gasteiger charge is -2.12. The number of benzene rings is 1. The molecule has 0 radical (unpaired) electrons. The number of H-pyrrole nitrogens is 1. The third-order valence-corrected chi connectivity index (χ3v) is 4.85. The molecule has 3 aromatic rings. The van der Waals surface area contributed by atoms with Crippen molar-refractivity contribution in [2.24, 2.45) is 5.10 Å². The van der Waals surface area contributed by atoms with Gasteiger partial charge in [-0.2, -0.15) is 14.9 Å². The molecule has 0 aliphatic carbocycles. The van der Waals surface area contributed by atoms with Crippen LogP contribution in [-0.2, 0) is 0 Å². The van der Waals surface area contributed by atoms with Gasteiger partial charge in [-0.05, 0) is 43.1 Å². The Kier molecular flexibility index (Phi) is 6.73. The molecule has 0 atom stereocenters. The highest BCUT2D eigenvalue weighted by Crippen LogP contribution is 2.38. The second-order valence-electron chi connectivity index (χ2n) is 5.79. The maximum Gasteiger partial charge on any atom is 0.315 e. The summed E-state index contributed by atoms with van der Waals surface area (Å²) in [6.45, 7) is 4.42. The number of aromatic nitrogens is 3. The van der Waals surface area contributed by atoms with Gasteiger partial charge in [0, 0.05) is 11.6 Å². The molecule has 0 amide bonds. The molecule has 0 fully saturated rings. The molecule has 152 valence electrons. The number of nitro groups is 1. The van der Waals surface area contributed by atoms with Crippen molar-refractivity contribution in [3.8, 4) is 22.2 Å². The third kappa shape index (κ3) is 4.69. The van der Waals surface area contributed by atoms with Crippen LogP contribution in [0.3, 0.4) is 0 Å². The van der Waals surface area contributed by atoms with Gasteiger partial charge in [-0.15, -0.1) is 11.3 Å². The molecule has 0 aliphatic rings. The number of nitrogens with one attached hydrogen (secondary N) is 1. The third-order valence-electron chi connectivity index (χ3n) is 3.72. The van der Waals surface area contributed by atoms with Crippen LogP contribution in [0.4, 0.5) is 5.69 Å². The van der Waals surface area contributed by atoms with Crippen molar-refractivity contribution >= 4 is 35.5 Å². The van der Waals surface area contributed by atoms with Gasteiger partial charge in [0.15, 0.2) is 11.6 Å². The van der Waals surface area contributed by atoms with Gasteiger partial charge in [0.1, 0.15) is 0 Å². The van der Waals surface area contributed by atoms with Gasteiger partial charge in [-0.25, -0.2) is 5.10 Å². The second-order valence-corrected chi connectivity index (χ2v) is 7.13. The first kappa shape index (κ1) is 20.7. The fourth-order valence-electron chi connectivity index (χ4n) is 2.52. The van der Waals surface area contributed by atoms with Crippen molar-refractivity contribution in [2.45, 2.75) is 20.3 Å². The first-order chi connectivity index (χ1) is 14.0. The lowest BCUT2D eigenvalue weighted by molar-refractivity contribution is -0.386. The van der Waals surface area contributed by atoms with Crippen molar-refractivity contribution < 1.29 is 14.4 Å². The SMILES string of the molecule is CCCOc1c(OCC)cc(/C=N\n2c(-c3cccs3)n[nH]c2=S)cc1[N+](=O)[O-]. The summed E-state index contributed by atoms with van der Waals surface area (Å²) in [7, 11) is 0. The molecule has 0 bridgehead atoms. The van der Waals surface area contributed by atoms with Crippen molar-refractivity contribution in [1.82, 2.24) is 14.9 Å². The maximum atomic E-state index is 11.6. The monoisotopic (exact) mass is 433 g/mol. The van der Waals surface area contributed by atoms with Crippen LogP contribution in [0.1, 0.15) is 25.8 Å². The molecule has 2 heterocycles. The fraction of sp³-hybridized carbons (Fsp3) is 0.278. The standard InChI is InChI=1S/C18H19N5O4S2/c1-3-7-27-16-13(23(24)25)9-12(10-14(16)26-4-2)11-19-22-17(20-21-18(22)28)15-6-5-8-29-15/h5-6,8-11H,3-4,7H2,1-2H3,(H,21,28)/b19-11-. The molecule has 2 aromatic heterocycles. The molecular formula is C18H19N5O4S2. The van der Waals surface area contributed by atoms with E-state index in [4.69, 9.17) is 21.7 Å². The highest BCUT2D eigenvalue weighted by atomic mass is 32.1.